The maximum absolute atomic E-state index is 13.5. The van der Waals surface area contributed by atoms with Crippen molar-refractivity contribution >= 4 is 31.9 Å². The second-order valence-corrected chi connectivity index (χ2v) is 5.68. The molecule has 0 aromatic heterocycles. The first-order valence-corrected chi connectivity index (χ1v) is 7.08. The van der Waals surface area contributed by atoms with Crippen molar-refractivity contribution in [3.8, 4) is 5.75 Å². The molecule has 0 saturated carbocycles. The van der Waals surface area contributed by atoms with Gasteiger partial charge in [0, 0.05) is 0 Å². The molecule has 2 aromatic carbocycles. The molecule has 2 nitrogen and oxygen atoms in total. The number of aliphatic hydroxyl groups is 1. The molecule has 0 amide bonds. The standard InChI is InChI=1S/C14H11Br2FO2/c1-19-13-5-3-8(6-11(13)16)14(18)9-2-4-10(15)12(17)7-9/h2-7,14,18H,1H3. The first kappa shape index (κ1) is 14.5. The van der Waals surface area contributed by atoms with E-state index in [9.17, 15) is 9.50 Å². The third kappa shape index (κ3) is 3.16. The number of aliphatic hydroxyl groups excluding tert-OH is 1. The van der Waals surface area contributed by atoms with Crippen LogP contribution in [0.25, 0.3) is 0 Å². The largest absolute Gasteiger partial charge is 0.496 e. The minimum atomic E-state index is -0.884. The Kier molecular flexibility index (Phi) is 4.60. The lowest BCUT2D eigenvalue weighted by atomic mass is 10.0. The number of halogens is 3. The minimum absolute atomic E-state index is 0.374. The van der Waals surface area contributed by atoms with E-state index in [2.05, 4.69) is 31.9 Å². The topological polar surface area (TPSA) is 29.5 Å². The molecule has 0 aliphatic rings. The Morgan fingerprint density at radius 1 is 1.05 bits per heavy atom. The van der Waals surface area contributed by atoms with Crippen molar-refractivity contribution in [2.45, 2.75) is 6.10 Å². The molecule has 0 radical (unpaired) electrons. The Bertz CT molecular complexity index is 602. The summed E-state index contributed by atoms with van der Waals surface area (Å²) in [4.78, 5) is 0. The molecular weight excluding hydrogens is 379 g/mol. The second-order valence-electron chi connectivity index (χ2n) is 3.97. The van der Waals surface area contributed by atoms with Crippen LogP contribution in [-0.2, 0) is 0 Å². The van der Waals surface area contributed by atoms with E-state index in [0.717, 1.165) is 4.47 Å². The number of methoxy groups -OCH3 is 1. The van der Waals surface area contributed by atoms with Crippen molar-refractivity contribution in [1.82, 2.24) is 0 Å². The Morgan fingerprint density at radius 2 is 1.68 bits per heavy atom. The number of benzene rings is 2. The molecule has 0 aliphatic heterocycles. The predicted octanol–water partition coefficient (Wildman–Crippen LogP) is 4.44. The molecule has 100 valence electrons. The van der Waals surface area contributed by atoms with Crippen molar-refractivity contribution in [2.24, 2.45) is 0 Å². The van der Waals surface area contributed by atoms with Crippen LogP contribution >= 0.6 is 31.9 Å². The quantitative estimate of drug-likeness (QED) is 0.840. The lowest BCUT2D eigenvalue weighted by Crippen LogP contribution is -2.01. The molecule has 0 spiro atoms. The number of hydrogen-bond donors (Lipinski definition) is 1. The van der Waals surface area contributed by atoms with E-state index in [-0.39, 0.29) is 0 Å². The van der Waals surface area contributed by atoms with Gasteiger partial charge in [-0.1, -0.05) is 12.1 Å². The molecule has 1 N–H and O–H groups in total. The molecule has 5 heteroatoms. The third-order valence-electron chi connectivity index (χ3n) is 2.75. The molecule has 1 unspecified atom stereocenters. The van der Waals surface area contributed by atoms with Crippen LogP contribution in [0.15, 0.2) is 45.3 Å². The summed E-state index contributed by atoms with van der Waals surface area (Å²) in [5.41, 5.74) is 1.16. The normalized spacial score (nSPS) is 12.3. The lowest BCUT2D eigenvalue weighted by Gasteiger charge is -2.13. The van der Waals surface area contributed by atoms with E-state index in [1.807, 2.05) is 0 Å². The van der Waals surface area contributed by atoms with Gasteiger partial charge in [-0.2, -0.15) is 0 Å². The van der Waals surface area contributed by atoms with Crippen LogP contribution in [0.1, 0.15) is 17.2 Å². The van der Waals surface area contributed by atoms with Gasteiger partial charge >= 0.3 is 0 Å². The minimum Gasteiger partial charge on any atom is -0.496 e. The fourth-order valence-electron chi connectivity index (χ4n) is 1.73. The summed E-state index contributed by atoms with van der Waals surface area (Å²) in [7, 11) is 1.57. The number of ether oxygens (including phenoxy) is 1. The van der Waals surface area contributed by atoms with Crippen molar-refractivity contribution in [1.29, 1.82) is 0 Å². The molecule has 19 heavy (non-hydrogen) atoms. The van der Waals surface area contributed by atoms with Crippen molar-refractivity contribution in [2.75, 3.05) is 7.11 Å². The zero-order valence-corrected chi connectivity index (χ0v) is 13.2. The summed E-state index contributed by atoms with van der Waals surface area (Å²) in [6.45, 7) is 0. The molecule has 1 atom stereocenters. The second kappa shape index (κ2) is 6.03. The number of rotatable bonds is 3. The van der Waals surface area contributed by atoms with Gasteiger partial charge in [0.2, 0.25) is 0 Å². The monoisotopic (exact) mass is 388 g/mol. The van der Waals surface area contributed by atoms with Crippen LogP contribution in [0.2, 0.25) is 0 Å². The Labute approximate surface area is 127 Å². The van der Waals surface area contributed by atoms with Crippen LogP contribution in [0, 0.1) is 5.82 Å². The van der Waals surface area contributed by atoms with Gasteiger partial charge in [-0.05, 0) is 67.3 Å². The van der Waals surface area contributed by atoms with E-state index in [1.165, 1.54) is 6.07 Å². The van der Waals surface area contributed by atoms with Crippen LogP contribution in [-0.4, -0.2) is 12.2 Å². The highest BCUT2D eigenvalue weighted by molar-refractivity contribution is 9.10. The fraction of sp³-hybridized carbons (Fsp3) is 0.143. The van der Waals surface area contributed by atoms with Gasteiger partial charge in [0.15, 0.2) is 0 Å². The van der Waals surface area contributed by atoms with Gasteiger partial charge in [-0.3, -0.25) is 0 Å². The van der Waals surface area contributed by atoms with Crippen molar-refractivity contribution in [3.05, 3.63) is 62.3 Å². The maximum atomic E-state index is 13.5. The van der Waals surface area contributed by atoms with Crippen LogP contribution in [0.4, 0.5) is 4.39 Å². The molecule has 0 fully saturated rings. The highest BCUT2D eigenvalue weighted by Crippen LogP contribution is 2.31. The smallest absolute Gasteiger partial charge is 0.137 e. The van der Waals surface area contributed by atoms with Gasteiger partial charge in [0.25, 0.3) is 0 Å². The third-order valence-corrected chi connectivity index (χ3v) is 4.01. The van der Waals surface area contributed by atoms with Gasteiger partial charge in [-0.15, -0.1) is 0 Å². The Balaban J connectivity index is 2.35. The molecule has 0 bridgehead atoms. The summed E-state index contributed by atoms with van der Waals surface area (Å²) in [6.07, 6.45) is -0.884. The summed E-state index contributed by atoms with van der Waals surface area (Å²) >= 11 is 6.44. The van der Waals surface area contributed by atoms with Crippen LogP contribution in [0.3, 0.4) is 0 Å². The highest BCUT2D eigenvalue weighted by Gasteiger charge is 2.14. The molecule has 0 heterocycles. The van der Waals surface area contributed by atoms with Gasteiger partial charge in [0.05, 0.1) is 16.1 Å². The van der Waals surface area contributed by atoms with E-state index < -0.39 is 11.9 Å². The maximum Gasteiger partial charge on any atom is 0.137 e. The number of hydrogen-bond acceptors (Lipinski definition) is 2. The molecule has 2 aromatic rings. The van der Waals surface area contributed by atoms with Crippen molar-refractivity contribution in [3.63, 3.8) is 0 Å². The molecule has 2 rings (SSSR count). The first-order valence-electron chi connectivity index (χ1n) is 5.49. The molecule has 0 saturated heterocycles. The summed E-state index contributed by atoms with van der Waals surface area (Å²) in [6, 6.07) is 9.81. The van der Waals surface area contributed by atoms with E-state index in [1.54, 1.807) is 37.4 Å². The Morgan fingerprint density at radius 3 is 2.26 bits per heavy atom. The van der Waals surface area contributed by atoms with Crippen LogP contribution < -0.4 is 4.74 Å². The summed E-state index contributed by atoms with van der Waals surface area (Å²) in [5, 5.41) is 10.3. The van der Waals surface area contributed by atoms with Crippen LogP contribution in [0.5, 0.6) is 5.75 Å². The predicted molar refractivity (Wildman–Crippen MR) is 78.9 cm³/mol. The van der Waals surface area contributed by atoms with E-state index in [0.29, 0.717) is 21.3 Å². The van der Waals surface area contributed by atoms with Crippen molar-refractivity contribution < 1.29 is 14.2 Å². The van der Waals surface area contributed by atoms with E-state index in [4.69, 9.17) is 4.74 Å². The Hall–Kier alpha value is -0.910. The zero-order valence-electron chi connectivity index (χ0n) is 10.0. The molecular formula is C14H11Br2FO2. The average Bonchev–Trinajstić information content (AvgIpc) is 2.41. The summed E-state index contributed by atoms with van der Waals surface area (Å²) in [5.74, 6) is 0.280. The summed E-state index contributed by atoms with van der Waals surface area (Å²) < 4.78 is 19.7. The lowest BCUT2D eigenvalue weighted by molar-refractivity contribution is 0.219. The zero-order chi connectivity index (χ0) is 14.0. The average molecular weight is 390 g/mol. The van der Waals surface area contributed by atoms with Gasteiger partial charge < -0.3 is 9.84 Å². The molecule has 0 aliphatic carbocycles. The first-order chi connectivity index (χ1) is 9.02. The fourth-order valence-corrected chi connectivity index (χ4v) is 2.53. The van der Waals surface area contributed by atoms with Gasteiger partial charge in [0.1, 0.15) is 17.7 Å². The van der Waals surface area contributed by atoms with E-state index >= 15 is 0 Å². The highest BCUT2D eigenvalue weighted by atomic mass is 79.9. The SMILES string of the molecule is COc1ccc(C(O)c2ccc(Br)c(F)c2)cc1Br. The van der Waals surface area contributed by atoms with Gasteiger partial charge in [-0.25, -0.2) is 4.39 Å².